The fraction of sp³-hybridized carbons (Fsp3) is 0.412. The van der Waals surface area contributed by atoms with Crippen LogP contribution in [0.25, 0.3) is 0 Å². The quantitative estimate of drug-likeness (QED) is 0.942. The number of nitrogens with one attached hydrogen (secondary N) is 1. The number of carbonyl (C=O) groups excluding carboxylic acids is 1. The highest BCUT2D eigenvalue weighted by molar-refractivity contribution is 5.94. The van der Waals surface area contributed by atoms with Crippen LogP contribution < -0.4 is 14.8 Å². The van der Waals surface area contributed by atoms with Gasteiger partial charge in [-0.25, -0.2) is 0 Å². The van der Waals surface area contributed by atoms with E-state index < -0.39 is 0 Å². The molecule has 6 heteroatoms. The molecule has 1 aliphatic heterocycles. The van der Waals surface area contributed by atoms with Crippen molar-refractivity contribution in [1.29, 1.82) is 0 Å². The summed E-state index contributed by atoms with van der Waals surface area (Å²) in [4.78, 5) is 12.0. The van der Waals surface area contributed by atoms with Gasteiger partial charge in [0.25, 0.3) is 0 Å². The van der Waals surface area contributed by atoms with Gasteiger partial charge in [0, 0.05) is 31.1 Å². The minimum absolute atomic E-state index is 0.0253. The van der Waals surface area contributed by atoms with E-state index in [0.717, 1.165) is 11.1 Å². The van der Waals surface area contributed by atoms with Crippen molar-refractivity contribution >= 4 is 11.7 Å². The molecule has 1 amide bonds. The van der Waals surface area contributed by atoms with Gasteiger partial charge < -0.3 is 14.8 Å². The zero-order valence-corrected chi connectivity index (χ0v) is 13.8. The molecule has 1 N–H and O–H groups in total. The highest BCUT2D eigenvalue weighted by Gasteiger charge is 2.29. The predicted octanol–water partition coefficient (Wildman–Crippen LogP) is 2.69. The Morgan fingerprint density at radius 2 is 2.13 bits per heavy atom. The van der Waals surface area contributed by atoms with Gasteiger partial charge in [0.05, 0.1) is 13.2 Å². The molecule has 0 saturated carbocycles. The van der Waals surface area contributed by atoms with Gasteiger partial charge in [-0.05, 0) is 31.5 Å². The molecule has 0 saturated heterocycles. The summed E-state index contributed by atoms with van der Waals surface area (Å²) in [6.45, 7) is 3.95. The molecule has 0 bridgehead atoms. The molecule has 0 aliphatic carbocycles. The van der Waals surface area contributed by atoms with Crippen LogP contribution in [0.1, 0.15) is 37.3 Å². The van der Waals surface area contributed by atoms with Gasteiger partial charge in [0.2, 0.25) is 5.91 Å². The van der Waals surface area contributed by atoms with Crippen LogP contribution in [0.3, 0.4) is 0 Å². The van der Waals surface area contributed by atoms with Crippen LogP contribution in [0.2, 0.25) is 0 Å². The second-order valence-electron chi connectivity index (χ2n) is 5.99. The van der Waals surface area contributed by atoms with Crippen LogP contribution in [-0.2, 0) is 11.8 Å². The van der Waals surface area contributed by atoms with Gasteiger partial charge >= 0.3 is 0 Å². The second-order valence-corrected chi connectivity index (χ2v) is 5.99. The molecular formula is C17H21N3O3. The van der Waals surface area contributed by atoms with E-state index >= 15 is 0 Å². The van der Waals surface area contributed by atoms with Crippen molar-refractivity contribution in [3.63, 3.8) is 0 Å². The highest BCUT2D eigenvalue weighted by atomic mass is 16.5. The molecule has 6 nitrogen and oxygen atoms in total. The minimum Gasteiger partial charge on any atom is -0.493 e. The maximum absolute atomic E-state index is 12.0. The SMILES string of the molecule is COc1cc(C2CC(=O)Nc3nn(C)cc32)ccc1OC(C)C. The fourth-order valence-corrected chi connectivity index (χ4v) is 2.89. The third-order valence-corrected chi connectivity index (χ3v) is 3.83. The van der Waals surface area contributed by atoms with Gasteiger partial charge in [0.1, 0.15) is 0 Å². The average Bonchev–Trinajstić information content (AvgIpc) is 2.86. The first-order valence-electron chi connectivity index (χ1n) is 7.66. The lowest BCUT2D eigenvalue weighted by Gasteiger charge is -2.23. The summed E-state index contributed by atoms with van der Waals surface area (Å²) in [5.41, 5.74) is 2.04. The second kappa shape index (κ2) is 5.95. The van der Waals surface area contributed by atoms with Crippen LogP contribution in [0, 0.1) is 0 Å². The van der Waals surface area contributed by atoms with Crippen molar-refractivity contribution in [2.75, 3.05) is 12.4 Å². The topological polar surface area (TPSA) is 65.4 Å². The van der Waals surface area contributed by atoms with Gasteiger partial charge in [-0.15, -0.1) is 0 Å². The number of nitrogens with zero attached hydrogens (tertiary/aromatic N) is 2. The number of carbonyl (C=O) groups is 1. The van der Waals surface area contributed by atoms with Crippen molar-refractivity contribution in [1.82, 2.24) is 9.78 Å². The van der Waals surface area contributed by atoms with E-state index in [1.54, 1.807) is 11.8 Å². The van der Waals surface area contributed by atoms with Crippen molar-refractivity contribution in [2.24, 2.45) is 7.05 Å². The molecule has 1 aliphatic rings. The minimum atomic E-state index is -0.0329. The molecule has 1 unspecified atom stereocenters. The number of benzene rings is 1. The lowest BCUT2D eigenvalue weighted by Crippen LogP contribution is -2.23. The zero-order chi connectivity index (χ0) is 16.6. The lowest BCUT2D eigenvalue weighted by atomic mass is 9.87. The summed E-state index contributed by atoms with van der Waals surface area (Å²) in [5, 5.41) is 7.13. The number of rotatable bonds is 4. The summed E-state index contributed by atoms with van der Waals surface area (Å²) >= 11 is 0. The number of amides is 1. The smallest absolute Gasteiger partial charge is 0.226 e. The summed E-state index contributed by atoms with van der Waals surface area (Å²) in [5.74, 6) is 1.96. The molecular weight excluding hydrogens is 294 g/mol. The lowest BCUT2D eigenvalue weighted by molar-refractivity contribution is -0.116. The Morgan fingerprint density at radius 1 is 1.35 bits per heavy atom. The Morgan fingerprint density at radius 3 is 2.83 bits per heavy atom. The molecule has 0 fully saturated rings. The molecule has 2 heterocycles. The first kappa shape index (κ1) is 15.4. The van der Waals surface area contributed by atoms with Crippen molar-refractivity contribution in [3.8, 4) is 11.5 Å². The van der Waals surface area contributed by atoms with Gasteiger partial charge in [0.15, 0.2) is 17.3 Å². The van der Waals surface area contributed by atoms with E-state index in [-0.39, 0.29) is 17.9 Å². The summed E-state index contributed by atoms with van der Waals surface area (Å²) in [6, 6.07) is 5.83. The van der Waals surface area contributed by atoms with Crippen LogP contribution in [0.5, 0.6) is 11.5 Å². The van der Waals surface area contributed by atoms with E-state index in [1.807, 2.05) is 45.3 Å². The molecule has 0 spiro atoms. The van der Waals surface area contributed by atoms with Gasteiger partial charge in [-0.2, -0.15) is 5.10 Å². The van der Waals surface area contributed by atoms with E-state index in [9.17, 15) is 4.79 Å². The van der Waals surface area contributed by atoms with E-state index in [0.29, 0.717) is 23.7 Å². The van der Waals surface area contributed by atoms with Gasteiger partial charge in [-0.3, -0.25) is 9.48 Å². The van der Waals surface area contributed by atoms with E-state index in [1.165, 1.54) is 0 Å². The summed E-state index contributed by atoms with van der Waals surface area (Å²) < 4.78 is 12.9. The maximum atomic E-state index is 12.0. The monoisotopic (exact) mass is 315 g/mol. The fourth-order valence-electron chi connectivity index (χ4n) is 2.89. The Balaban J connectivity index is 2.00. The molecule has 0 radical (unpaired) electrons. The largest absolute Gasteiger partial charge is 0.493 e. The number of anilines is 1. The normalized spacial score (nSPS) is 16.9. The predicted molar refractivity (Wildman–Crippen MR) is 87.1 cm³/mol. The van der Waals surface area contributed by atoms with Crippen LogP contribution in [0.4, 0.5) is 5.82 Å². The van der Waals surface area contributed by atoms with Gasteiger partial charge in [-0.1, -0.05) is 6.07 Å². The number of aryl methyl sites for hydroxylation is 1. The zero-order valence-electron chi connectivity index (χ0n) is 13.8. The van der Waals surface area contributed by atoms with Crippen LogP contribution in [-0.4, -0.2) is 28.9 Å². The number of hydrogen-bond donors (Lipinski definition) is 1. The third-order valence-electron chi connectivity index (χ3n) is 3.83. The Hall–Kier alpha value is -2.50. The molecule has 3 rings (SSSR count). The maximum Gasteiger partial charge on any atom is 0.226 e. The van der Waals surface area contributed by atoms with Crippen molar-refractivity contribution in [3.05, 3.63) is 35.5 Å². The van der Waals surface area contributed by atoms with Crippen molar-refractivity contribution < 1.29 is 14.3 Å². The number of aromatic nitrogens is 2. The average molecular weight is 315 g/mol. The molecule has 1 aromatic carbocycles. The molecule has 122 valence electrons. The van der Waals surface area contributed by atoms with E-state index in [4.69, 9.17) is 9.47 Å². The number of fused-ring (bicyclic) bond motifs is 1. The molecule has 1 aromatic heterocycles. The molecule has 23 heavy (non-hydrogen) atoms. The van der Waals surface area contributed by atoms with E-state index in [2.05, 4.69) is 10.4 Å². The van der Waals surface area contributed by atoms with Crippen LogP contribution >= 0.6 is 0 Å². The molecule has 2 aromatic rings. The third kappa shape index (κ3) is 3.02. The first-order chi connectivity index (χ1) is 11.0. The molecule has 1 atom stereocenters. The Kier molecular flexibility index (Phi) is 3.98. The number of ether oxygens (including phenoxy) is 2. The first-order valence-corrected chi connectivity index (χ1v) is 7.66. The highest BCUT2D eigenvalue weighted by Crippen LogP contribution is 2.39. The Labute approximate surface area is 135 Å². The summed E-state index contributed by atoms with van der Waals surface area (Å²) in [7, 11) is 3.47. The standard InChI is InChI=1S/C17H21N3O3/c1-10(2)23-14-6-5-11(7-15(14)22-4)12-8-16(21)18-17-13(12)9-20(3)19-17/h5-7,9-10,12H,8H2,1-4H3,(H,18,19,21). The summed E-state index contributed by atoms with van der Waals surface area (Å²) in [6.07, 6.45) is 2.41. The number of hydrogen-bond acceptors (Lipinski definition) is 4. The number of methoxy groups -OCH3 is 1. The van der Waals surface area contributed by atoms with Crippen molar-refractivity contribution in [2.45, 2.75) is 32.3 Å². The van der Waals surface area contributed by atoms with Crippen LogP contribution in [0.15, 0.2) is 24.4 Å². The Bertz CT molecular complexity index is 737.